The van der Waals surface area contributed by atoms with Crippen molar-refractivity contribution in [2.45, 2.75) is 25.9 Å². The van der Waals surface area contributed by atoms with Gasteiger partial charge in [0.15, 0.2) is 0 Å². The molecule has 0 saturated heterocycles. The molecule has 1 N–H and O–H groups in total. The minimum absolute atomic E-state index is 0.337. The number of aliphatic hydroxyl groups excluding tert-OH is 1. The lowest BCUT2D eigenvalue weighted by Gasteiger charge is -2.13. The van der Waals surface area contributed by atoms with Crippen molar-refractivity contribution in [3.8, 4) is 0 Å². The number of hydrogen-bond acceptors (Lipinski definition) is 1. The molecule has 0 spiro atoms. The summed E-state index contributed by atoms with van der Waals surface area (Å²) in [5.74, 6) is -0.337. The molecule has 0 aliphatic rings. The van der Waals surface area contributed by atoms with Crippen LogP contribution in [-0.4, -0.2) is 5.11 Å². The molecule has 0 saturated carbocycles. The molecule has 0 radical (unpaired) electrons. The van der Waals surface area contributed by atoms with Crippen LogP contribution in [0.15, 0.2) is 48.5 Å². The van der Waals surface area contributed by atoms with Crippen LogP contribution in [0.25, 0.3) is 0 Å². The maximum atomic E-state index is 13.7. The zero-order valence-electron chi connectivity index (χ0n) is 10.4. The van der Waals surface area contributed by atoms with E-state index in [0.29, 0.717) is 12.0 Å². The van der Waals surface area contributed by atoms with Crippen molar-refractivity contribution in [2.24, 2.45) is 0 Å². The molecule has 0 amide bonds. The fourth-order valence-corrected chi connectivity index (χ4v) is 2.02. The van der Waals surface area contributed by atoms with Gasteiger partial charge in [0, 0.05) is 12.0 Å². The first kappa shape index (κ1) is 12.8. The highest BCUT2D eigenvalue weighted by molar-refractivity contribution is 5.28. The zero-order valence-corrected chi connectivity index (χ0v) is 10.4. The van der Waals surface area contributed by atoms with E-state index >= 15 is 0 Å². The highest BCUT2D eigenvalue weighted by Gasteiger charge is 2.13. The molecule has 2 heteroatoms. The lowest BCUT2D eigenvalue weighted by molar-refractivity contribution is 0.173. The van der Waals surface area contributed by atoms with Crippen molar-refractivity contribution in [1.82, 2.24) is 0 Å². The van der Waals surface area contributed by atoms with Crippen LogP contribution in [-0.2, 0) is 12.8 Å². The fourth-order valence-electron chi connectivity index (χ4n) is 2.02. The molecule has 0 bridgehead atoms. The monoisotopic (exact) mass is 244 g/mol. The molecule has 0 aliphatic heterocycles. The second-order valence-corrected chi connectivity index (χ2v) is 4.41. The first-order valence-electron chi connectivity index (χ1n) is 6.21. The van der Waals surface area contributed by atoms with Gasteiger partial charge >= 0.3 is 0 Å². The van der Waals surface area contributed by atoms with Crippen molar-refractivity contribution in [1.29, 1.82) is 0 Å². The Kier molecular flexibility index (Phi) is 4.11. The largest absolute Gasteiger partial charge is 0.388 e. The zero-order chi connectivity index (χ0) is 13.0. The summed E-state index contributed by atoms with van der Waals surface area (Å²) in [5, 5.41) is 10.1. The number of rotatable bonds is 4. The average Bonchev–Trinajstić information content (AvgIpc) is 2.40. The Labute approximate surface area is 107 Å². The Morgan fingerprint density at radius 1 is 1.06 bits per heavy atom. The van der Waals surface area contributed by atoms with Crippen molar-refractivity contribution in [3.05, 3.63) is 71.0 Å². The topological polar surface area (TPSA) is 20.2 Å². The molecular formula is C16H17FO. The van der Waals surface area contributed by atoms with Crippen molar-refractivity contribution >= 4 is 0 Å². The molecule has 1 nitrogen and oxygen atoms in total. The third-order valence-electron chi connectivity index (χ3n) is 3.10. The molecule has 18 heavy (non-hydrogen) atoms. The van der Waals surface area contributed by atoms with E-state index in [9.17, 15) is 9.50 Å². The Hall–Kier alpha value is -1.67. The van der Waals surface area contributed by atoms with E-state index in [-0.39, 0.29) is 5.82 Å². The molecule has 0 aliphatic carbocycles. The van der Waals surface area contributed by atoms with Gasteiger partial charge in [0.2, 0.25) is 0 Å². The van der Waals surface area contributed by atoms with Gasteiger partial charge in [-0.3, -0.25) is 0 Å². The van der Waals surface area contributed by atoms with E-state index in [2.05, 4.69) is 0 Å². The minimum Gasteiger partial charge on any atom is -0.388 e. The Morgan fingerprint density at radius 2 is 1.78 bits per heavy atom. The van der Waals surface area contributed by atoms with Crippen molar-refractivity contribution < 1.29 is 9.50 Å². The molecule has 94 valence electrons. The van der Waals surface area contributed by atoms with Crippen LogP contribution in [0.4, 0.5) is 4.39 Å². The van der Waals surface area contributed by atoms with Gasteiger partial charge in [0.25, 0.3) is 0 Å². The van der Waals surface area contributed by atoms with Gasteiger partial charge in [-0.1, -0.05) is 49.4 Å². The summed E-state index contributed by atoms with van der Waals surface area (Å²) in [5.41, 5.74) is 2.43. The smallest absolute Gasteiger partial charge is 0.129 e. The fraction of sp³-hybridized carbons (Fsp3) is 0.250. The maximum absolute atomic E-state index is 13.7. The van der Waals surface area contributed by atoms with Crippen LogP contribution >= 0.6 is 0 Å². The van der Waals surface area contributed by atoms with Crippen LogP contribution in [0.2, 0.25) is 0 Å². The molecule has 1 atom stereocenters. The number of halogens is 1. The van der Waals surface area contributed by atoms with Crippen LogP contribution in [0.3, 0.4) is 0 Å². The lowest BCUT2D eigenvalue weighted by Crippen LogP contribution is -2.05. The Bertz CT molecular complexity index is 508. The molecule has 0 heterocycles. The normalized spacial score (nSPS) is 12.4. The van der Waals surface area contributed by atoms with Crippen LogP contribution in [0.1, 0.15) is 29.7 Å². The quantitative estimate of drug-likeness (QED) is 0.870. The van der Waals surface area contributed by atoms with Gasteiger partial charge < -0.3 is 5.11 Å². The molecule has 2 rings (SSSR count). The minimum atomic E-state index is -0.793. The van der Waals surface area contributed by atoms with E-state index < -0.39 is 6.10 Å². The van der Waals surface area contributed by atoms with E-state index in [4.69, 9.17) is 0 Å². The summed E-state index contributed by atoms with van der Waals surface area (Å²) in [6, 6.07) is 14.6. The molecule has 0 aromatic heterocycles. The summed E-state index contributed by atoms with van der Waals surface area (Å²) in [6.45, 7) is 2.01. The number of aliphatic hydroxyl groups is 1. The highest BCUT2D eigenvalue weighted by atomic mass is 19.1. The third-order valence-corrected chi connectivity index (χ3v) is 3.10. The standard InChI is InChI=1S/C16H17FO/c1-2-12-8-9-15(17)14(10-12)16(18)11-13-6-4-3-5-7-13/h3-10,16,18H,2,11H2,1H3. The van der Waals surface area contributed by atoms with E-state index in [1.807, 2.05) is 37.3 Å². The van der Waals surface area contributed by atoms with Crippen molar-refractivity contribution in [2.75, 3.05) is 0 Å². The van der Waals surface area contributed by atoms with Gasteiger partial charge in [-0.15, -0.1) is 0 Å². The van der Waals surface area contributed by atoms with Gasteiger partial charge in [-0.2, -0.15) is 0 Å². The molecule has 0 fully saturated rings. The average molecular weight is 244 g/mol. The van der Waals surface area contributed by atoms with Crippen LogP contribution in [0, 0.1) is 5.82 Å². The number of hydrogen-bond donors (Lipinski definition) is 1. The second kappa shape index (κ2) is 5.78. The summed E-state index contributed by atoms with van der Waals surface area (Å²) >= 11 is 0. The second-order valence-electron chi connectivity index (χ2n) is 4.41. The summed E-state index contributed by atoms with van der Waals surface area (Å²) in [4.78, 5) is 0. The molecule has 1 unspecified atom stereocenters. The first-order valence-corrected chi connectivity index (χ1v) is 6.21. The summed E-state index contributed by atoms with van der Waals surface area (Å²) < 4.78 is 13.7. The van der Waals surface area contributed by atoms with Crippen LogP contribution < -0.4 is 0 Å². The predicted octanol–water partition coefficient (Wildman–Crippen LogP) is 3.66. The van der Waals surface area contributed by atoms with Gasteiger partial charge in [-0.25, -0.2) is 4.39 Å². The SMILES string of the molecule is CCc1ccc(F)c(C(O)Cc2ccccc2)c1. The summed E-state index contributed by atoms with van der Waals surface area (Å²) in [6.07, 6.45) is 0.481. The van der Waals surface area contributed by atoms with Gasteiger partial charge in [0.1, 0.15) is 5.82 Å². The molecule has 2 aromatic rings. The van der Waals surface area contributed by atoms with Gasteiger partial charge in [-0.05, 0) is 23.6 Å². The number of benzene rings is 2. The molecular weight excluding hydrogens is 227 g/mol. The predicted molar refractivity (Wildman–Crippen MR) is 70.9 cm³/mol. The van der Waals surface area contributed by atoms with Crippen molar-refractivity contribution in [3.63, 3.8) is 0 Å². The lowest BCUT2D eigenvalue weighted by atomic mass is 9.98. The summed E-state index contributed by atoms with van der Waals surface area (Å²) in [7, 11) is 0. The van der Waals surface area contributed by atoms with E-state index in [1.165, 1.54) is 6.07 Å². The molecule has 2 aromatic carbocycles. The van der Waals surface area contributed by atoms with E-state index in [1.54, 1.807) is 12.1 Å². The third kappa shape index (κ3) is 2.96. The first-order chi connectivity index (χ1) is 8.70. The highest BCUT2D eigenvalue weighted by Crippen LogP contribution is 2.22. The number of aryl methyl sites for hydroxylation is 1. The Morgan fingerprint density at radius 3 is 2.44 bits per heavy atom. The van der Waals surface area contributed by atoms with E-state index in [0.717, 1.165) is 17.5 Å². The van der Waals surface area contributed by atoms with Gasteiger partial charge in [0.05, 0.1) is 6.10 Å². The Balaban J connectivity index is 2.20. The maximum Gasteiger partial charge on any atom is 0.129 e. The van der Waals surface area contributed by atoms with Crippen LogP contribution in [0.5, 0.6) is 0 Å².